The van der Waals surface area contributed by atoms with Crippen LogP contribution in [0.3, 0.4) is 0 Å². The van der Waals surface area contributed by atoms with Gasteiger partial charge in [0.2, 0.25) is 0 Å². The van der Waals surface area contributed by atoms with Gasteiger partial charge in [0.05, 0.1) is 6.10 Å². The smallest absolute Gasteiger partial charge is 0.114 e. The van der Waals surface area contributed by atoms with E-state index in [9.17, 15) is 5.11 Å². The number of hydrogen-bond donors (Lipinski definition) is 3. The van der Waals surface area contributed by atoms with Crippen molar-refractivity contribution in [1.29, 1.82) is 0 Å². The van der Waals surface area contributed by atoms with Crippen LogP contribution in [0, 0.1) is 0 Å². The van der Waals surface area contributed by atoms with Crippen molar-refractivity contribution in [3.8, 4) is 0 Å². The van der Waals surface area contributed by atoms with Crippen LogP contribution in [-0.2, 0) is 0 Å². The van der Waals surface area contributed by atoms with Gasteiger partial charge in [-0.2, -0.15) is 0 Å². The molecule has 0 spiro atoms. The average molecular weight is 173 g/mol. The highest BCUT2D eigenvalue weighted by Gasteiger charge is 2.30. The molecule has 1 rings (SSSR count). The van der Waals surface area contributed by atoms with E-state index in [0.29, 0.717) is 0 Å². The summed E-state index contributed by atoms with van der Waals surface area (Å²) in [6.07, 6.45) is -0.139. The normalized spacial score (nSPS) is 43.5. The van der Waals surface area contributed by atoms with Crippen LogP contribution in [-0.4, -0.2) is 48.6 Å². The SMILES string of the molecule is CC1NC(N(C)C)NC(C)C1O. The zero-order chi connectivity index (χ0) is 9.30. The third-order valence-corrected chi connectivity index (χ3v) is 2.38. The van der Waals surface area contributed by atoms with E-state index >= 15 is 0 Å². The molecule has 1 heterocycles. The maximum Gasteiger partial charge on any atom is 0.114 e. The molecular formula is C8H19N3O. The van der Waals surface area contributed by atoms with Gasteiger partial charge in [0.1, 0.15) is 6.29 Å². The van der Waals surface area contributed by atoms with Crippen LogP contribution < -0.4 is 10.6 Å². The molecule has 0 aromatic heterocycles. The van der Waals surface area contributed by atoms with Crippen LogP contribution in [0.15, 0.2) is 0 Å². The molecule has 4 heteroatoms. The summed E-state index contributed by atoms with van der Waals surface area (Å²) in [5.74, 6) is 0. The van der Waals surface area contributed by atoms with Gasteiger partial charge in [-0.05, 0) is 27.9 Å². The van der Waals surface area contributed by atoms with Gasteiger partial charge in [0.25, 0.3) is 0 Å². The van der Waals surface area contributed by atoms with Gasteiger partial charge < -0.3 is 5.11 Å². The standard InChI is InChI=1S/C8H19N3O/c1-5-7(12)6(2)10-8(9-5)11(3)4/h5-10,12H,1-4H3. The fourth-order valence-electron chi connectivity index (χ4n) is 1.47. The zero-order valence-electron chi connectivity index (χ0n) is 8.20. The van der Waals surface area contributed by atoms with Crippen molar-refractivity contribution in [2.45, 2.75) is 38.3 Å². The van der Waals surface area contributed by atoms with E-state index in [-0.39, 0.29) is 24.5 Å². The molecule has 72 valence electrons. The molecule has 0 radical (unpaired) electrons. The Hall–Kier alpha value is -0.160. The van der Waals surface area contributed by atoms with Crippen molar-refractivity contribution >= 4 is 0 Å². The second kappa shape index (κ2) is 3.70. The molecule has 2 unspecified atom stereocenters. The number of rotatable bonds is 1. The number of aliphatic hydroxyl groups is 1. The summed E-state index contributed by atoms with van der Waals surface area (Å²) in [5.41, 5.74) is 0. The van der Waals surface area contributed by atoms with Gasteiger partial charge in [-0.1, -0.05) is 0 Å². The van der Waals surface area contributed by atoms with Crippen molar-refractivity contribution in [3.05, 3.63) is 0 Å². The van der Waals surface area contributed by atoms with Crippen LogP contribution >= 0.6 is 0 Å². The predicted molar refractivity (Wildman–Crippen MR) is 48.7 cm³/mol. The number of aliphatic hydroxyl groups excluding tert-OH is 1. The Morgan fingerprint density at radius 1 is 1.08 bits per heavy atom. The molecule has 0 saturated carbocycles. The van der Waals surface area contributed by atoms with E-state index in [1.165, 1.54) is 0 Å². The first-order chi connectivity index (χ1) is 5.52. The summed E-state index contributed by atoms with van der Waals surface area (Å²) in [5, 5.41) is 16.1. The number of hydrogen-bond acceptors (Lipinski definition) is 4. The Bertz CT molecular complexity index is 139. The molecule has 0 aromatic carbocycles. The minimum absolute atomic E-state index is 0.147. The van der Waals surface area contributed by atoms with E-state index in [1.54, 1.807) is 0 Å². The van der Waals surface area contributed by atoms with Gasteiger partial charge in [0, 0.05) is 12.1 Å². The second-order valence-corrected chi connectivity index (χ2v) is 3.77. The lowest BCUT2D eigenvalue weighted by molar-refractivity contribution is 0.0175. The Kier molecular flexibility index (Phi) is 3.06. The van der Waals surface area contributed by atoms with Gasteiger partial charge in [-0.25, -0.2) is 0 Å². The molecule has 2 atom stereocenters. The third-order valence-electron chi connectivity index (χ3n) is 2.38. The highest BCUT2D eigenvalue weighted by Crippen LogP contribution is 2.07. The Labute approximate surface area is 73.9 Å². The summed E-state index contributed by atoms with van der Waals surface area (Å²) >= 11 is 0. The molecule has 0 amide bonds. The lowest BCUT2D eigenvalue weighted by Gasteiger charge is -2.41. The van der Waals surface area contributed by atoms with Crippen LogP contribution in [0.4, 0.5) is 0 Å². The van der Waals surface area contributed by atoms with E-state index in [1.807, 2.05) is 27.9 Å². The molecule has 1 saturated heterocycles. The third kappa shape index (κ3) is 1.95. The molecule has 4 nitrogen and oxygen atoms in total. The second-order valence-electron chi connectivity index (χ2n) is 3.77. The van der Waals surface area contributed by atoms with Gasteiger partial charge in [-0.3, -0.25) is 15.5 Å². The Morgan fingerprint density at radius 3 is 1.83 bits per heavy atom. The predicted octanol–water partition coefficient (Wildman–Crippen LogP) is -0.838. The topological polar surface area (TPSA) is 47.5 Å². The number of nitrogens with one attached hydrogen (secondary N) is 2. The average Bonchev–Trinajstić information content (AvgIpc) is 1.99. The van der Waals surface area contributed by atoms with Gasteiger partial charge in [0.15, 0.2) is 0 Å². The summed E-state index contributed by atoms with van der Waals surface area (Å²) in [4.78, 5) is 2.05. The lowest BCUT2D eigenvalue weighted by Crippen LogP contribution is -2.68. The molecule has 1 aliphatic rings. The van der Waals surface area contributed by atoms with Crippen molar-refractivity contribution in [2.75, 3.05) is 14.1 Å². The maximum absolute atomic E-state index is 9.60. The molecule has 3 N–H and O–H groups in total. The molecule has 1 fully saturated rings. The molecule has 12 heavy (non-hydrogen) atoms. The highest BCUT2D eigenvalue weighted by molar-refractivity contribution is 4.88. The highest BCUT2D eigenvalue weighted by atomic mass is 16.3. The first-order valence-electron chi connectivity index (χ1n) is 4.39. The van der Waals surface area contributed by atoms with Crippen molar-refractivity contribution < 1.29 is 5.11 Å². The van der Waals surface area contributed by atoms with Gasteiger partial charge in [-0.15, -0.1) is 0 Å². The maximum atomic E-state index is 9.60. The van der Waals surface area contributed by atoms with Crippen molar-refractivity contribution in [1.82, 2.24) is 15.5 Å². The van der Waals surface area contributed by atoms with Crippen molar-refractivity contribution in [3.63, 3.8) is 0 Å². The van der Waals surface area contributed by atoms with Crippen molar-refractivity contribution in [2.24, 2.45) is 0 Å². The monoisotopic (exact) mass is 173 g/mol. The van der Waals surface area contributed by atoms with Crippen LogP contribution in [0.25, 0.3) is 0 Å². The first-order valence-corrected chi connectivity index (χ1v) is 4.39. The summed E-state index contributed by atoms with van der Waals surface area (Å²) in [6, 6.07) is 0.294. The lowest BCUT2D eigenvalue weighted by atomic mass is 10.0. The summed E-state index contributed by atoms with van der Waals surface area (Å²) < 4.78 is 0. The Balaban J connectivity index is 2.53. The van der Waals surface area contributed by atoms with Crippen LogP contribution in [0.1, 0.15) is 13.8 Å². The van der Waals surface area contributed by atoms with E-state index in [0.717, 1.165) is 0 Å². The minimum atomic E-state index is -0.304. The summed E-state index contributed by atoms with van der Waals surface area (Å²) in [6.45, 7) is 4.00. The fourth-order valence-corrected chi connectivity index (χ4v) is 1.47. The fraction of sp³-hybridized carbons (Fsp3) is 1.00. The number of nitrogens with zero attached hydrogens (tertiary/aromatic N) is 1. The van der Waals surface area contributed by atoms with Gasteiger partial charge >= 0.3 is 0 Å². The zero-order valence-corrected chi connectivity index (χ0v) is 8.20. The molecular weight excluding hydrogens is 154 g/mol. The molecule has 1 aliphatic heterocycles. The van der Waals surface area contributed by atoms with Crippen LogP contribution in [0.5, 0.6) is 0 Å². The molecule has 0 bridgehead atoms. The first kappa shape index (κ1) is 9.92. The molecule has 0 aliphatic carbocycles. The summed E-state index contributed by atoms with van der Waals surface area (Å²) in [7, 11) is 4.00. The molecule has 0 aromatic rings. The Morgan fingerprint density at radius 2 is 1.50 bits per heavy atom. The van der Waals surface area contributed by atoms with E-state index in [2.05, 4.69) is 15.5 Å². The minimum Gasteiger partial charge on any atom is -0.390 e. The van der Waals surface area contributed by atoms with E-state index < -0.39 is 0 Å². The quantitative estimate of drug-likeness (QED) is 0.484. The van der Waals surface area contributed by atoms with Crippen LogP contribution in [0.2, 0.25) is 0 Å². The van der Waals surface area contributed by atoms with E-state index in [4.69, 9.17) is 0 Å². The largest absolute Gasteiger partial charge is 0.390 e.